The number of aromatic amines is 2. The van der Waals surface area contributed by atoms with E-state index in [2.05, 4.69) is 40.9 Å². The number of halogens is 1. The van der Waals surface area contributed by atoms with E-state index >= 15 is 0 Å². The van der Waals surface area contributed by atoms with E-state index < -0.39 is 0 Å². The van der Waals surface area contributed by atoms with Gasteiger partial charge in [0.15, 0.2) is 5.82 Å². The third-order valence-corrected chi connectivity index (χ3v) is 5.71. The van der Waals surface area contributed by atoms with Gasteiger partial charge in [0.1, 0.15) is 0 Å². The highest BCUT2D eigenvalue weighted by Crippen LogP contribution is 2.38. The summed E-state index contributed by atoms with van der Waals surface area (Å²) in [4.78, 5) is 24.3. The van der Waals surface area contributed by atoms with Gasteiger partial charge in [-0.2, -0.15) is 4.98 Å². The third kappa shape index (κ3) is 2.24. The predicted molar refractivity (Wildman–Crippen MR) is 91.8 cm³/mol. The molecular weight excluding hydrogens is 374 g/mol. The van der Waals surface area contributed by atoms with Crippen LogP contribution >= 0.6 is 15.9 Å². The second-order valence-corrected chi connectivity index (χ2v) is 7.57. The summed E-state index contributed by atoms with van der Waals surface area (Å²) < 4.78 is 6.40. The van der Waals surface area contributed by atoms with Gasteiger partial charge in [0.05, 0.1) is 16.6 Å². The molecule has 6 rings (SSSR count). The molecule has 2 aromatic heterocycles. The SMILES string of the molecule is O=c1[nH]c2cc(Br)cc(-c3nc(C4CN5CCC4CC5)no3)c2[nH]1. The zero-order valence-corrected chi connectivity index (χ0v) is 14.5. The van der Waals surface area contributed by atoms with Crippen LogP contribution in [0.1, 0.15) is 24.6 Å². The summed E-state index contributed by atoms with van der Waals surface area (Å²) in [5, 5.41) is 4.25. The Balaban J connectivity index is 1.57. The van der Waals surface area contributed by atoms with Crippen LogP contribution in [-0.4, -0.2) is 44.6 Å². The maximum Gasteiger partial charge on any atom is 0.323 e. The van der Waals surface area contributed by atoms with Crippen LogP contribution in [0.15, 0.2) is 25.9 Å². The molecular formula is C16H16BrN5O2. The Labute approximate surface area is 145 Å². The highest BCUT2D eigenvalue weighted by molar-refractivity contribution is 9.10. The molecule has 3 saturated heterocycles. The standard InChI is InChI=1S/C16H16BrN5O2/c17-9-5-10(13-12(6-9)18-16(23)19-13)15-20-14(21-24-15)11-7-22-3-1-8(11)2-4-22/h5-6,8,11H,1-4,7H2,(H2,18,19,23). The van der Waals surface area contributed by atoms with Crippen LogP contribution in [0.3, 0.4) is 0 Å². The fourth-order valence-corrected chi connectivity index (χ4v) is 4.49. The van der Waals surface area contributed by atoms with E-state index in [0.29, 0.717) is 28.8 Å². The molecule has 0 amide bonds. The molecule has 124 valence electrons. The van der Waals surface area contributed by atoms with Crippen molar-refractivity contribution in [3.63, 3.8) is 0 Å². The molecule has 2 bridgehead atoms. The number of aromatic nitrogens is 4. The Morgan fingerprint density at radius 2 is 2.08 bits per heavy atom. The maximum atomic E-state index is 11.6. The van der Waals surface area contributed by atoms with Crippen LogP contribution in [0.4, 0.5) is 0 Å². The quantitative estimate of drug-likeness (QED) is 0.702. The van der Waals surface area contributed by atoms with Crippen molar-refractivity contribution in [1.29, 1.82) is 0 Å². The van der Waals surface area contributed by atoms with E-state index in [0.717, 1.165) is 22.4 Å². The molecule has 5 heterocycles. The lowest BCUT2D eigenvalue weighted by atomic mass is 9.79. The molecule has 8 heteroatoms. The summed E-state index contributed by atoms with van der Waals surface area (Å²) in [6, 6.07) is 3.74. The maximum absolute atomic E-state index is 11.6. The van der Waals surface area contributed by atoms with Crippen LogP contribution in [0, 0.1) is 5.92 Å². The molecule has 0 saturated carbocycles. The molecule has 3 aliphatic heterocycles. The van der Waals surface area contributed by atoms with Crippen molar-refractivity contribution < 1.29 is 4.52 Å². The van der Waals surface area contributed by atoms with E-state index in [-0.39, 0.29) is 5.69 Å². The summed E-state index contributed by atoms with van der Waals surface area (Å²) in [7, 11) is 0. The number of fused-ring (bicyclic) bond motifs is 4. The zero-order chi connectivity index (χ0) is 16.3. The largest absolute Gasteiger partial charge is 0.334 e. The third-order valence-electron chi connectivity index (χ3n) is 5.25. The zero-order valence-electron chi connectivity index (χ0n) is 12.9. The van der Waals surface area contributed by atoms with E-state index in [9.17, 15) is 4.79 Å². The molecule has 1 aromatic carbocycles. The van der Waals surface area contributed by atoms with Crippen LogP contribution in [0.2, 0.25) is 0 Å². The first-order valence-corrected chi connectivity index (χ1v) is 8.94. The summed E-state index contributed by atoms with van der Waals surface area (Å²) in [5.74, 6) is 2.22. The summed E-state index contributed by atoms with van der Waals surface area (Å²) in [6.45, 7) is 3.38. The number of piperidine rings is 3. The number of nitrogens with one attached hydrogen (secondary N) is 2. The van der Waals surface area contributed by atoms with Gasteiger partial charge in [0.25, 0.3) is 5.89 Å². The van der Waals surface area contributed by atoms with Crippen LogP contribution in [0.5, 0.6) is 0 Å². The number of hydrogen-bond donors (Lipinski definition) is 2. The first-order valence-electron chi connectivity index (χ1n) is 8.15. The Kier molecular flexibility index (Phi) is 3.18. The fraction of sp³-hybridized carbons (Fsp3) is 0.438. The number of nitrogens with zero attached hydrogens (tertiary/aromatic N) is 3. The van der Waals surface area contributed by atoms with Crippen molar-refractivity contribution in [2.75, 3.05) is 19.6 Å². The molecule has 3 aromatic rings. The van der Waals surface area contributed by atoms with E-state index in [4.69, 9.17) is 4.52 Å². The molecule has 7 nitrogen and oxygen atoms in total. The second kappa shape index (κ2) is 5.29. The average molecular weight is 390 g/mol. The van der Waals surface area contributed by atoms with Crippen LogP contribution < -0.4 is 5.69 Å². The van der Waals surface area contributed by atoms with Gasteiger partial charge in [0.2, 0.25) is 0 Å². The molecule has 1 atom stereocenters. The minimum absolute atomic E-state index is 0.249. The smallest absolute Gasteiger partial charge is 0.323 e. The predicted octanol–water partition coefficient (Wildman–Crippen LogP) is 2.48. The van der Waals surface area contributed by atoms with Crippen molar-refractivity contribution in [1.82, 2.24) is 25.0 Å². The van der Waals surface area contributed by atoms with Crippen LogP contribution in [-0.2, 0) is 0 Å². The van der Waals surface area contributed by atoms with Crippen molar-refractivity contribution in [3.8, 4) is 11.5 Å². The van der Waals surface area contributed by atoms with Gasteiger partial charge in [-0.15, -0.1) is 0 Å². The highest BCUT2D eigenvalue weighted by Gasteiger charge is 2.37. The molecule has 0 aliphatic carbocycles. The van der Waals surface area contributed by atoms with Crippen molar-refractivity contribution >= 4 is 27.0 Å². The number of hydrogen-bond acceptors (Lipinski definition) is 5. The monoisotopic (exact) mass is 389 g/mol. The topological polar surface area (TPSA) is 90.8 Å². The molecule has 0 radical (unpaired) electrons. The Morgan fingerprint density at radius 1 is 1.25 bits per heavy atom. The van der Waals surface area contributed by atoms with Gasteiger partial charge >= 0.3 is 5.69 Å². The lowest BCUT2D eigenvalue weighted by molar-refractivity contribution is 0.0825. The van der Waals surface area contributed by atoms with E-state index in [1.165, 1.54) is 25.9 Å². The minimum Gasteiger partial charge on any atom is -0.334 e. The van der Waals surface area contributed by atoms with E-state index in [1.54, 1.807) is 0 Å². The first kappa shape index (κ1) is 14.4. The number of imidazole rings is 1. The second-order valence-electron chi connectivity index (χ2n) is 6.66. The van der Waals surface area contributed by atoms with Gasteiger partial charge < -0.3 is 19.4 Å². The Morgan fingerprint density at radius 3 is 2.83 bits per heavy atom. The fourth-order valence-electron chi connectivity index (χ4n) is 4.03. The lowest BCUT2D eigenvalue weighted by Crippen LogP contribution is -2.46. The number of rotatable bonds is 2. The highest BCUT2D eigenvalue weighted by atomic mass is 79.9. The molecule has 3 aliphatic rings. The molecule has 24 heavy (non-hydrogen) atoms. The summed E-state index contributed by atoms with van der Waals surface area (Å²) in [5.41, 5.74) is 1.89. The van der Waals surface area contributed by atoms with Gasteiger partial charge in [0, 0.05) is 16.9 Å². The Hall–Kier alpha value is -1.93. The molecule has 1 unspecified atom stereocenters. The van der Waals surface area contributed by atoms with Crippen LogP contribution in [0.25, 0.3) is 22.5 Å². The number of H-pyrrole nitrogens is 2. The normalized spacial score (nSPS) is 26.3. The van der Waals surface area contributed by atoms with Gasteiger partial charge in [-0.3, -0.25) is 0 Å². The molecule has 3 fully saturated rings. The Bertz CT molecular complexity index is 966. The first-order chi connectivity index (χ1) is 11.7. The van der Waals surface area contributed by atoms with E-state index in [1.807, 2.05) is 12.1 Å². The lowest BCUT2D eigenvalue weighted by Gasteiger charge is -2.43. The van der Waals surface area contributed by atoms with Gasteiger partial charge in [-0.1, -0.05) is 21.1 Å². The van der Waals surface area contributed by atoms with Crippen molar-refractivity contribution in [2.45, 2.75) is 18.8 Å². The molecule has 0 spiro atoms. The molecule has 2 N–H and O–H groups in total. The minimum atomic E-state index is -0.249. The van der Waals surface area contributed by atoms with Gasteiger partial charge in [-0.05, 0) is 44.0 Å². The van der Waals surface area contributed by atoms with Crippen molar-refractivity contribution in [3.05, 3.63) is 32.9 Å². The number of benzene rings is 1. The van der Waals surface area contributed by atoms with Gasteiger partial charge in [-0.25, -0.2) is 4.79 Å². The summed E-state index contributed by atoms with van der Waals surface area (Å²) >= 11 is 3.47. The van der Waals surface area contributed by atoms with Crippen molar-refractivity contribution in [2.24, 2.45) is 5.92 Å². The average Bonchev–Trinajstić information content (AvgIpc) is 3.21. The summed E-state index contributed by atoms with van der Waals surface area (Å²) in [6.07, 6.45) is 2.42.